The minimum atomic E-state index is -0.411. The van der Waals surface area contributed by atoms with Crippen LogP contribution >= 0.6 is 0 Å². The Balaban J connectivity index is 1.74. The summed E-state index contributed by atoms with van der Waals surface area (Å²) in [5, 5.41) is 13.5. The first-order valence-corrected chi connectivity index (χ1v) is 6.79. The topological polar surface area (TPSA) is 41.5 Å². The zero-order valence-corrected chi connectivity index (χ0v) is 11.1. The van der Waals surface area contributed by atoms with Gasteiger partial charge in [0.1, 0.15) is 0 Å². The van der Waals surface area contributed by atoms with Crippen LogP contribution in [0.2, 0.25) is 0 Å². The fraction of sp³-hybridized carbons (Fsp3) is 0.600. The van der Waals surface area contributed by atoms with E-state index in [0.717, 1.165) is 43.7 Å². The van der Waals surface area contributed by atoms with Gasteiger partial charge in [0.25, 0.3) is 0 Å². The molecule has 3 heteroatoms. The lowest BCUT2D eigenvalue weighted by Gasteiger charge is -2.23. The van der Waals surface area contributed by atoms with Crippen molar-refractivity contribution in [3.63, 3.8) is 0 Å². The molecule has 1 unspecified atom stereocenters. The van der Waals surface area contributed by atoms with Gasteiger partial charge in [0.05, 0.1) is 6.10 Å². The second kappa shape index (κ2) is 6.88. The summed E-state index contributed by atoms with van der Waals surface area (Å²) in [7, 11) is 0. The highest BCUT2D eigenvalue weighted by Crippen LogP contribution is 2.17. The Bertz CT molecular complexity index is 361. The first-order valence-electron chi connectivity index (χ1n) is 6.79. The Kier molecular flexibility index (Phi) is 5.17. The minimum absolute atomic E-state index is 0.411. The van der Waals surface area contributed by atoms with Crippen LogP contribution in [0.3, 0.4) is 0 Å². The Morgan fingerprint density at radius 3 is 2.78 bits per heavy atom. The molecule has 3 nitrogen and oxygen atoms in total. The SMILES string of the molecule is Cc1ccccc1C(O)CNCC1CCOCC1. The van der Waals surface area contributed by atoms with Crippen LogP contribution in [0.15, 0.2) is 24.3 Å². The van der Waals surface area contributed by atoms with Crippen LogP contribution in [0.5, 0.6) is 0 Å². The smallest absolute Gasteiger partial charge is 0.0916 e. The zero-order chi connectivity index (χ0) is 12.8. The molecular formula is C15H23NO2. The van der Waals surface area contributed by atoms with E-state index in [1.165, 1.54) is 0 Å². The molecule has 1 aromatic carbocycles. The van der Waals surface area contributed by atoms with Gasteiger partial charge in [0.15, 0.2) is 0 Å². The standard InChI is InChI=1S/C15H23NO2/c1-12-4-2-3-5-14(12)15(17)11-16-10-13-6-8-18-9-7-13/h2-5,13,15-17H,6-11H2,1H3. The average molecular weight is 249 g/mol. The van der Waals surface area contributed by atoms with E-state index in [4.69, 9.17) is 4.74 Å². The summed E-state index contributed by atoms with van der Waals surface area (Å²) in [5.74, 6) is 0.697. The number of benzene rings is 1. The lowest BCUT2D eigenvalue weighted by atomic mass is 10.00. The van der Waals surface area contributed by atoms with Crippen LogP contribution in [-0.2, 0) is 4.74 Å². The molecule has 0 amide bonds. The van der Waals surface area contributed by atoms with Crippen LogP contribution in [0.1, 0.15) is 30.1 Å². The summed E-state index contributed by atoms with van der Waals surface area (Å²) in [6.45, 7) is 5.41. The third-order valence-corrected chi connectivity index (χ3v) is 3.66. The number of hydrogen-bond acceptors (Lipinski definition) is 3. The summed E-state index contributed by atoms with van der Waals surface area (Å²) in [6.07, 6.45) is 1.85. The van der Waals surface area contributed by atoms with Crippen LogP contribution in [0.25, 0.3) is 0 Å². The van der Waals surface area contributed by atoms with E-state index in [9.17, 15) is 5.11 Å². The van der Waals surface area contributed by atoms with E-state index >= 15 is 0 Å². The maximum atomic E-state index is 10.1. The first-order chi connectivity index (χ1) is 8.77. The molecule has 18 heavy (non-hydrogen) atoms. The van der Waals surface area contributed by atoms with Crippen molar-refractivity contribution in [1.29, 1.82) is 0 Å². The lowest BCUT2D eigenvalue weighted by molar-refractivity contribution is 0.0649. The van der Waals surface area contributed by atoms with Crippen LogP contribution in [0, 0.1) is 12.8 Å². The van der Waals surface area contributed by atoms with Crippen molar-refractivity contribution < 1.29 is 9.84 Å². The molecule has 0 radical (unpaired) electrons. The van der Waals surface area contributed by atoms with Gasteiger partial charge in [-0.3, -0.25) is 0 Å². The largest absolute Gasteiger partial charge is 0.387 e. The number of rotatable bonds is 5. The molecule has 1 aromatic rings. The highest BCUT2D eigenvalue weighted by atomic mass is 16.5. The number of aliphatic hydroxyl groups is 1. The quantitative estimate of drug-likeness (QED) is 0.839. The predicted octanol–water partition coefficient (Wildman–Crippen LogP) is 2.04. The van der Waals surface area contributed by atoms with Crippen molar-refractivity contribution in [2.24, 2.45) is 5.92 Å². The Morgan fingerprint density at radius 2 is 2.06 bits per heavy atom. The molecular weight excluding hydrogens is 226 g/mol. The van der Waals surface area contributed by atoms with Gasteiger partial charge in [0, 0.05) is 19.8 Å². The lowest BCUT2D eigenvalue weighted by Crippen LogP contribution is -2.30. The minimum Gasteiger partial charge on any atom is -0.387 e. The van der Waals surface area contributed by atoms with E-state index in [2.05, 4.69) is 5.32 Å². The third kappa shape index (κ3) is 3.80. The van der Waals surface area contributed by atoms with Gasteiger partial charge < -0.3 is 15.2 Å². The predicted molar refractivity (Wildman–Crippen MR) is 72.6 cm³/mol. The first kappa shape index (κ1) is 13.5. The van der Waals surface area contributed by atoms with Gasteiger partial charge in [-0.05, 0) is 43.4 Å². The van der Waals surface area contributed by atoms with Gasteiger partial charge in [-0.2, -0.15) is 0 Å². The third-order valence-electron chi connectivity index (χ3n) is 3.66. The van der Waals surface area contributed by atoms with Gasteiger partial charge in [-0.25, -0.2) is 0 Å². The molecule has 0 aromatic heterocycles. The summed E-state index contributed by atoms with van der Waals surface area (Å²) in [5.41, 5.74) is 2.18. The number of hydrogen-bond donors (Lipinski definition) is 2. The van der Waals surface area contributed by atoms with Crippen LogP contribution < -0.4 is 5.32 Å². The summed E-state index contributed by atoms with van der Waals surface area (Å²) < 4.78 is 5.34. The van der Waals surface area contributed by atoms with E-state index in [1.807, 2.05) is 31.2 Å². The maximum absolute atomic E-state index is 10.1. The monoisotopic (exact) mass is 249 g/mol. The fourth-order valence-electron chi connectivity index (χ4n) is 2.45. The molecule has 2 N–H and O–H groups in total. The second-order valence-electron chi connectivity index (χ2n) is 5.09. The molecule has 2 rings (SSSR count). The molecule has 0 spiro atoms. The molecule has 0 bridgehead atoms. The van der Waals surface area contributed by atoms with Crippen molar-refractivity contribution >= 4 is 0 Å². The molecule has 1 heterocycles. The maximum Gasteiger partial charge on any atom is 0.0916 e. The molecule has 0 aliphatic carbocycles. The van der Waals surface area contributed by atoms with Crippen molar-refractivity contribution in [2.75, 3.05) is 26.3 Å². The molecule has 100 valence electrons. The highest BCUT2D eigenvalue weighted by molar-refractivity contribution is 5.27. The van der Waals surface area contributed by atoms with Crippen LogP contribution in [-0.4, -0.2) is 31.4 Å². The van der Waals surface area contributed by atoms with E-state index < -0.39 is 6.10 Å². The van der Waals surface area contributed by atoms with E-state index in [0.29, 0.717) is 12.5 Å². The number of aliphatic hydroxyl groups excluding tert-OH is 1. The summed E-state index contributed by atoms with van der Waals surface area (Å²) in [6, 6.07) is 8.01. The van der Waals surface area contributed by atoms with Gasteiger partial charge in [-0.15, -0.1) is 0 Å². The number of aryl methyl sites for hydroxylation is 1. The van der Waals surface area contributed by atoms with Crippen molar-refractivity contribution in [1.82, 2.24) is 5.32 Å². The molecule has 1 fully saturated rings. The van der Waals surface area contributed by atoms with Gasteiger partial charge >= 0.3 is 0 Å². The van der Waals surface area contributed by atoms with Gasteiger partial charge in [-0.1, -0.05) is 24.3 Å². The number of ether oxygens (including phenoxy) is 1. The Morgan fingerprint density at radius 1 is 1.33 bits per heavy atom. The molecule has 1 aliphatic heterocycles. The van der Waals surface area contributed by atoms with Crippen molar-refractivity contribution in [3.8, 4) is 0 Å². The molecule has 0 saturated carbocycles. The number of nitrogens with one attached hydrogen (secondary N) is 1. The van der Waals surface area contributed by atoms with Crippen molar-refractivity contribution in [3.05, 3.63) is 35.4 Å². The zero-order valence-electron chi connectivity index (χ0n) is 11.1. The van der Waals surface area contributed by atoms with Crippen LogP contribution in [0.4, 0.5) is 0 Å². The van der Waals surface area contributed by atoms with E-state index in [-0.39, 0.29) is 0 Å². The molecule has 1 aliphatic rings. The highest BCUT2D eigenvalue weighted by Gasteiger charge is 2.14. The summed E-state index contributed by atoms with van der Waals surface area (Å²) >= 11 is 0. The van der Waals surface area contributed by atoms with Crippen molar-refractivity contribution in [2.45, 2.75) is 25.9 Å². The van der Waals surface area contributed by atoms with E-state index in [1.54, 1.807) is 0 Å². The fourth-order valence-corrected chi connectivity index (χ4v) is 2.45. The molecule has 1 atom stereocenters. The van der Waals surface area contributed by atoms with Gasteiger partial charge in [0.2, 0.25) is 0 Å². The Hall–Kier alpha value is -0.900. The summed E-state index contributed by atoms with van der Waals surface area (Å²) in [4.78, 5) is 0. The normalized spacial score (nSPS) is 18.8. The second-order valence-corrected chi connectivity index (χ2v) is 5.09. The Labute approximate surface area is 109 Å². The average Bonchev–Trinajstić information content (AvgIpc) is 2.40. The molecule has 1 saturated heterocycles.